The van der Waals surface area contributed by atoms with Crippen molar-refractivity contribution in [3.05, 3.63) is 113 Å². The Hall–Kier alpha value is -4.24. The number of nitrogens with one attached hydrogen (secondary N) is 3. The maximum Gasteiger partial charge on any atom is 0.252 e. The lowest BCUT2D eigenvalue weighted by atomic mass is 10.0. The quantitative estimate of drug-likeness (QED) is 0.141. The number of hydrogen-bond acceptors (Lipinski definition) is 5. The molecule has 0 aromatic heterocycles. The smallest absolute Gasteiger partial charge is 0.252 e. The summed E-state index contributed by atoms with van der Waals surface area (Å²) in [4.78, 5) is 62.8. The van der Waals surface area contributed by atoms with Gasteiger partial charge in [0.25, 0.3) is 5.91 Å². The van der Waals surface area contributed by atoms with E-state index in [0.717, 1.165) is 5.56 Å². The molecule has 0 fully saturated rings. The highest BCUT2D eigenvalue weighted by Gasteiger charge is 2.36. The van der Waals surface area contributed by atoms with Crippen LogP contribution in [0.3, 0.4) is 0 Å². The summed E-state index contributed by atoms with van der Waals surface area (Å²) in [6.07, 6.45) is 2.94. The number of rotatable bonds is 16. The van der Waals surface area contributed by atoms with Crippen LogP contribution in [0, 0.1) is 5.92 Å². The van der Waals surface area contributed by atoms with Gasteiger partial charge < -0.3 is 26.6 Å². The third kappa shape index (κ3) is 11.9. The molecule has 12 heteroatoms. The molecule has 0 spiro atoms. The Morgan fingerprint density at radius 1 is 0.891 bits per heavy atom. The van der Waals surface area contributed by atoms with E-state index < -0.39 is 55.0 Å². The summed E-state index contributed by atoms with van der Waals surface area (Å²) < 4.78 is 13.7. The molecule has 3 rings (SSSR count). The summed E-state index contributed by atoms with van der Waals surface area (Å²) in [6.45, 7) is 3.69. The second-order valence-corrected chi connectivity index (χ2v) is 14.3. The van der Waals surface area contributed by atoms with E-state index in [-0.39, 0.29) is 30.7 Å². The highest BCUT2D eigenvalue weighted by Crippen LogP contribution is 2.46. The molecule has 0 saturated heterocycles. The summed E-state index contributed by atoms with van der Waals surface area (Å²) >= 11 is 6.02. The first kappa shape index (κ1) is 36.2. The Kier molecular flexibility index (Phi) is 13.7. The zero-order valence-electron chi connectivity index (χ0n) is 25.8. The topological polar surface area (TPSA) is 168 Å². The van der Waals surface area contributed by atoms with Crippen molar-refractivity contribution in [1.29, 1.82) is 0 Å². The van der Waals surface area contributed by atoms with Gasteiger partial charge in [-0.1, -0.05) is 104 Å². The van der Waals surface area contributed by atoms with Gasteiger partial charge in [0.2, 0.25) is 25.1 Å². The van der Waals surface area contributed by atoms with Crippen LogP contribution in [0.4, 0.5) is 0 Å². The Bertz CT molecular complexity index is 1570. The Morgan fingerprint density at radius 2 is 1.54 bits per heavy atom. The molecule has 0 aliphatic rings. The fraction of sp³-hybridized carbons (Fsp3) is 0.294. The minimum absolute atomic E-state index is 0.0269. The number of halogens is 1. The Balaban J connectivity index is 1.73. The van der Waals surface area contributed by atoms with Crippen LogP contribution in [-0.4, -0.2) is 52.6 Å². The molecule has 3 aromatic rings. The molecule has 2 unspecified atom stereocenters. The second-order valence-electron chi connectivity index (χ2n) is 11.4. The maximum atomic E-state index is 13.7. The predicted molar refractivity (Wildman–Crippen MR) is 180 cm³/mol. The predicted octanol–water partition coefficient (Wildman–Crippen LogP) is 4.51. The highest BCUT2D eigenvalue weighted by molar-refractivity contribution is 7.59. The van der Waals surface area contributed by atoms with Gasteiger partial charge in [-0.3, -0.25) is 23.7 Å². The normalized spacial score (nSPS) is 14.5. The maximum absolute atomic E-state index is 13.7. The average molecular weight is 667 g/mol. The molecule has 6 N–H and O–H groups in total. The number of carbonyl (C=O) groups excluding carboxylic acids is 4. The van der Waals surface area contributed by atoms with Gasteiger partial charge in [-0.05, 0) is 48.1 Å². The fourth-order valence-electron chi connectivity index (χ4n) is 4.68. The Morgan fingerprint density at radius 3 is 2.15 bits per heavy atom. The van der Waals surface area contributed by atoms with E-state index in [0.29, 0.717) is 10.6 Å². The van der Waals surface area contributed by atoms with Crippen LogP contribution in [0.25, 0.3) is 6.08 Å². The monoisotopic (exact) mass is 666 g/mol. The third-order valence-corrected chi connectivity index (χ3v) is 9.28. The standard InChI is InChI=1S/C34H40ClN4O6P/c1-23(2)19-29(34(43)38-28(32(36)41)18-9-15-24-11-5-3-6-12-24)37-30(40)22-46(44,45)31(20-25-13-7-4-8-14-25)39-33(42)26-16-10-17-27(35)21-26/h3-17,21,23,28-29,31H,18-20,22H2,1-2H3,(H2,36,41)(H,37,40)(H,38,43)(H,39,42)(H,44,45)/b15-9+/t28-,29-,31?/m0/s1. The molecule has 46 heavy (non-hydrogen) atoms. The zero-order chi connectivity index (χ0) is 33.7. The molecule has 4 amide bonds. The van der Waals surface area contributed by atoms with Crippen LogP contribution in [-0.2, 0) is 25.4 Å². The molecule has 4 atom stereocenters. The lowest BCUT2D eigenvalue weighted by Crippen LogP contribution is -2.53. The van der Waals surface area contributed by atoms with Gasteiger partial charge in [-0.25, -0.2) is 0 Å². The van der Waals surface area contributed by atoms with Crippen LogP contribution >= 0.6 is 19.0 Å². The van der Waals surface area contributed by atoms with Crippen LogP contribution in [0.2, 0.25) is 5.02 Å². The van der Waals surface area contributed by atoms with Crippen molar-refractivity contribution in [1.82, 2.24) is 16.0 Å². The van der Waals surface area contributed by atoms with Crippen molar-refractivity contribution in [2.75, 3.05) is 6.16 Å². The summed E-state index contributed by atoms with van der Waals surface area (Å²) in [5.41, 5.74) is 7.31. The summed E-state index contributed by atoms with van der Waals surface area (Å²) in [5, 5.41) is 8.08. The minimum atomic E-state index is -4.41. The van der Waals surface area contributed by atoms with Crippen LogP contribution in [0.1, 0.15) is 48.2 Å². The number of carbonyl (C=O) groups is 4. The van der Waals surface area contributed by atoms with Gasteiger partial charge in [0.1, 0.15) is 24.0 Å². The van der Waals surface area contributed by atoms with E-state index in [1.165, 1.54) is 12.1 Å². The van der Waals surface area contributed by atoms with Crippen LogP contribution < -0.4 is 21.7 Å². The van der Waals surface area contributed by atoms with Crippen molar-refractivity contribution in [2.24, 2.45) is 11.7 Å². The molecule has 0 heterocycles. The lowest BCUT2D eigenvalue weighted by molar-refractivity contribution is -0.131. The van der Waals surface area contributed by atoms with Gasteiger partial charge in [-0.2, -0.15) is 0 Å². The van der Waals surface area contributed by atoms with Crippen LogP contribution in [0.15, 0.2) is 91.0 Å². The molecule has 0 aliphatic heterocycles. The molecule has 3 aromatic carbocycles. The van der Waals surface area contributed by atoms with Crippen molar-refractivity contribution in [2.45, 2.75) is 51.0 Å². The molecule has 10 nitrogen and oxygen atoms in total. The van der Waals surface area contributed by atoms with Crippen molar-refractivity contribution < 1.29 is 28.6 Å². The van der Waals surface area contributed by atoms with Crippen molar-refractivity contribution in [3.63, 3.8) is 0 Å². The first-order valence-corrected chi connectivity index (χ1v) is 17.2. The highest BCUT2D eigenvalue weighted by atomic mass is 35.5. The zero-order valence-corrected chi connectivity index (χ0v) is 27.4. The molecular formula is C34H40ClN4O6P. The van der Waals surface area contributed by atoms with Gasteiger partial charge in [0.15, 0.2) is 0 Å². The largest absolute Gasteiger partial charge is 0.368 e. The summed E-state index contributed by atoms with van der Waals surface area (Å²) in [5.74, 6) is -4.26. The van der Waals surface area contributed by atoms with Crippen molar-refractivity contribution >= 4 is 48.7 Å². The SMILES string of the molecule is CC(C)C[C@H](NC(=O)CP(=O)(O)C(Cc1ccccc1)NC(=O)c1cccc(Cl)c1)C(=O)N[C@@H](C/C=C/c1ccccc1)C(N)=O. The summed E-state index contributed by atoms with van der Waals surface area (Å²) in [6, 6.07) is 22.1. The molecule has 0 saturated carbocycles. The van der Waals surface area contributed by atoms with Gasteiger partial charge >= 0.3 is 0 Å². The number of benzene rings is 3. The molecule has 0 aliphatic carbocycles. The van der Waals surface area contributed by atoms with Gasteiger partial charge in [-0.15, -0.1) is 0 Å². The summed E-state index contributed by atoms with van der Waals surface area (Å²) in [7, 11) is -4.41. The van der Waals surface area contributed by atoms with E-state index >= 15 is 0 Å². The first-order valence-electron chi connectivity index (χ1n) is 14.9. The van der Waals surface area contributed by atoms with E-state index in [2.05, 4.69) is 16.0 Å². The van der Waals surface area contributed by atoms with E-state index in [4.69, 9.17) is 17.3 Å². The molecule has 244 valence electrons. The van der Waals surface area contributed by atoms with Crippen LogP contribution in [0.5, 0.6) is 0 Å². The molecular weight excluding hydrogens is 627 g/mol. The average Bonchev–Trinajstić information content (AvgIpc) is 3.00. The van der Waals surface area contributed by atoms with Crippen molar-refractivity contribution in [3.8, 4) is 0 Å². The second kappa shape index (κ2) is 17.5. The first-order chi connectivity index (χ1) is 21.8. The fourth-order valence-corrected chi connectivity index (χ4v) is 6.41. The molecule has 0 radical (unpaired) electrons. The Labute approximate surface area is 274 Å². The molecule has 0 bridgehead atoms. The lowest BCUT2D eigenvalue weighted by Gasteiger charge is -2.26. The van der Waals surface area contributed by atoms with E-state index in [9.17, 15) is 28.6 Å². The number of primary amides is 1. The minimum Gasteiger partial charge on any atom is -0.368 e. The van der Waals surface area contributed by atoms with E-state index in [1.807, 2.05) is 44.2 Å². The number of hydrogen-bond donors (Lipinski definition) is 5. The number of nitrogens with two attached hydrogens (primary N) is 1. The third-order valence-electron chi connectivity index (χ3n) is 7.01. The number of amides is 4. The van der Waals surface area contributed by atoms with Gasteiger partial charge in [0, 0.05) is 17.0 Å². The van der Waals surface area contributed by atoms with E-state index in [1.54, 1.807) is 54.6 Å². The van der Waals surface area contributed by atoms with Gasteiger partial charge in [0.05, 0.1) is 0 Å².